The number of anilines is 2. The highest BCUT2D eigenvalue weighted by Gasteiger charge is 2.06. The molecule has 2 aromatic rings. The van der Waals surface area contributed by atoms with Crippen molar-refractivity contribution in [1.29, 1.82) is 0 Å². The highest BCUT2D eigenvalue weighted by Crippen LogP contribution is 2.27. The van der Waals surface area contributed by atoms with Gasteiger partial charge in [-0.3, -0.25) is 0 Å². The Labute approximate surface area is 123 Å². The molecular weight excluding hydrogens is 302 g/mol. The Morgan fingerprint density at radius 2 is 1.68 bits per heavy atom. The number of hydrogen-bond acceptors (Lipinski definition) is 2. The van der Waals surface area contributed by atoms with Crippen molar-refractivity contribution in [2.75, 3.05) is 19.1 Å². The van der Waals surface area contributed by atoms with Gasteiger partial charge in [0.15, 0.2) is 0 Å². The number of aryl methyl sites for hydroxylation is 1. The summed E-state index contributed by atoms with van der Waals surface area (Å²) in [5.74, 6) is 0.878. The molecule has 19 heavy (non-hydrogen) atoms. The summed E-state index contributed by atoms with van der Waals surface area (Å²) in [5, 5.41) is 0.894. The van der Waals surface area contributed by atoms with Crippen molar-refractivity contribution in [1.82, 2.24) is 0 Å². The smallest absolute Gasteiger partial charge is 0.119 e. The van der Waals surface area contributed by atoms with Crippen LogP contribution in [0, 0.1) is 6.92 Å². The molecule has 2 aromatic carbocycles. The van der Waals surface area contributed by atoms with Crippen molar-refractivity contribution in [3.8, 4) is 5.75 Å². The molecule has 0 fully saturated rings. The number of alkyl halides is 1. The van der Waals surface area contributed by atoms with E-state index in [1.165, 1.54) is 16.8 Å². The van der Waals surface area contributed by atoms with Crippen LogP contribution in [0.2, 0.25) is 0 Å². The standard InChI is InChI=1S/C16H18BrNO/c1-12-10-15(5-4-13(12)11-17)18(2)14-6-8-16(19-3)9-7-14/h4-10H,11H2,1-3H3. The van der Waals surface area contributed by atoms with Gasteiger partial charge in [0, 0.05) is 23.8 Å². The number of nitrogens with zero attached hydrogens (tertiary/aromatic N) is 1. The molecule has 0 aliphatic heterocycles. The van der Waals surface area contributed by atoms with E-state index in [0.717, 1.165) is 16.8 Å². The van der Waals surface area contributed by atoms with Gasteiger partial charge in [0.1, 0.15) is 5.75 Å². The van der Waals surface area contributed by atoms with Gasteiger partial charge in [-0.05, 0) is 54.4 Å². The summed E-state index contributed by atoms with van der Waals surface area (Å²) >= 11 is 3.50. The topological polar surface area (TPSA) is 12.5 Å². The van der Waals surface area contributed by atoms with Crippen LogP contribution in [-0.2, 0) is 5.33 Å². The Kier molecular flexibility index (Phi) is 4.48. The van der Waals surface area contributed by atoms with Gasteiger partial charge < -0.3 is 9.64 Å². The Morgan fingerprint density at radius 1 is 1.05 bits per heavy atom. The fraction of sp³-hybridized carbons (Fsp3) is 0.250. The average Bonchev–Trinajstić information content (AvgIpc) is 2.46. The van der Waals surface area contributed by atoms with Crippen LogP contribution in [-0.4, -0.2) is 14.2 Å². The molecule has 0 radical (unpaired) electrons. The molecule has 100 valence electrons. The van der Waals surface area contributed by atoms with Crippen molar-refractivity contribution >= 4 is 27.3 Å². The minimum atomic E-state index is 0.878. The molecule has 0 unspecified atom stereocenters. The quantitative estimate of drug-likeness (QED) is 0.759. The average molecular weight is 320 g/mol. The summed E-state index contributed by atoms with van der Waals surface area (Å²) in [6, 6.07) is 14.6. The Balaban J connectivity index is 2.27. The zero-order chi connectivity index (χ0) is 13.8. The summed E-state index contributed by atoms with van der Waals surface area (Å²) in [5.41, 5.74) is 4.96. The Morgan fingerprint density at radius 3 is 2.21 bits per heavy atom. The first-order valence-electron chi connectivity index (χ1n) is 6.19. The largest absolute Gasteiger partial charge is 0.497 e. The lowest BCUT2D eigenvalue weighted by molar-refractivity contribution is 0.415. The van der Waals surface area contributed by atoms with Crippen LogP contribution in [0.5, 0.6) is 5.75 Å². The van der Waals surface area contributed by atoms with Gasteiger partial charge in [0.05, 0.1) is 7.11 Å². The third-order valence-electron chi connectivity index (χ3n) is 3.32. The van der Waals surface area contributed by atoms with Gasteiger partial charge >= 0.3 is 0 Å². The van der Waals surface area contributed by atoms with Crippen molar-refractivity contribution in [2.24, 2.45) is 0 Å². The number of halogens is 1. The van der Waals surface area contributed by atoms with E-state index in [9.17, 15) is 0 Å². The maximum Gasteiger partial charge on any atom is 0.119 e. The van der Waals surface area contributed by atoms with E-state index >= 15 is 0 Å². The molecule has 0 aliphatic rings. The van der Waals surface area contributed by atoms with Gasteiger partial charge in [-0.15, -0.1) is 0 Å². The van der Waals surface area contributed by atoms with Gasteiger partial charge in [-0.1, -0.05) is 22.0 Å². The highest BCUT2D eigenvalue weighted by molar-refractivity contribution is 9.08. The van der Waals surface area contributed by atoms with Crippen LogP contribution < -0.4 is 9.64 Å². The molecular formula is C16H18BrNO. The van der Waals surface area contributed by atoms with Crippen molar-refractivity contribution in [2.45, 2.75) is 12.3 Å². The third kappa shape index (κ3) is 3.10. The number of ether oxygens (including phenoxy) is 1. The van der Waals surface area contributed by atoms with Crippen LogP contribution in [0.4, 0.5) is 11.4 Å². The lowest BCUT2D eigenvalue weighted by atomic mass is 10.1. The van der Waals surface area contributed by atoms with E-state index in [4.69, 9.17) is 4.74 Å². The first-order valence-corrected chi connectivity index (χ1v) is 7.31. The Bertz CT molecular complexity index is 551. The van der Waals surface area contributed by atoms with Crippen LogP contribution in [0.3, 0.4) is 0 Å². The summed E-state index contributed by atoms with van der Waals surface area (Å²) < 4.78 is 5.18. The molecule has 0 bridgehead atoms. The molecule has 0 aliphatic carbocycles. The van der Waals surface area contributed by atoms with Crippen molar-refractivity contribution < 1.29 is 4.74 Å². The molecule has 2 nitrogen and oxygen atoms in total. The second-order valence-electron chi connectivity index (χ2n) is 4.50. The van der Waals surface area contributed by atoms with Crippen LogP contribution in [0.1, 0.15) is 11.1 Å². The predicted molar refractivity (Wildman–Crippen MR) is 84.9 cm³/mol. The summed E-state index contributed by atoms with van der Waals surface area (Å²) in [4.78, 5) is 2.17. The second-order valence-corrected chi connectivity index (χ2v) is 5.06. The van der Waals surface area contributed by atoms with Crippen molar-refractivity contribution in [3.63, 3.8) is 0 Å². The minimum Gasteiger partial charge on any atom is -0.497 e. The summed E-state index contributed by atoms with van der Waals surface area (Å²) in [6.07, 6.45) is 0. The number of hydrogen-bond donors (Lipinski definition) is 0. The number of benzene rings is 2. The van der Waals surface area contributed by atoms with E-state index in [0.29, 0.717) is 0 Å². The molecule has 0 spiro atoms. The highest BCUT2D eigenvalue weighted by atomic mass is 79.9. The second kappa shape index (κ2) is 6.11. The van der Waals surface area contributed by atoms with Gasteiger partial charge in [-0.25, -0.2) is 0 Å². The lowest BCUT2D eigenvalue weighted by Gasteiger charge is -2.21. The van der Waals surface area contributed by atoms with E-state index in [-0.39, 0.29) is 0 Å². The molecule has 2 rings (SSSR count). The first-order chi connectivity index (χ1) is 9.15. The molecule has 0 atom stereocenters. The molecule has 0 saturated carbocycles. The SMILES string of the molecule is COc1ccc(N(C)c2ccc(CBr)c(C)c2)cc1. The molecule has 3 heteroatoms. The van der Waals surface area contributed by atoms with Crippen LogP contribution in [0.25, 0.3) is 0 Å². The molecule has 0 aromatic heterocycles. The molecule has 0 N–H and O–H groups in total. The van der Waals surface area contributed by atoms with Crippen LogP contribution in [0.15, 0.2) is 42.5 Å². The van der Waals surface area contributed by atoms with Gasteiger partial charge in [0.2, 0.25) is 0 Å². The molecule has 0 heterocycles. The Hall–Kier alpha value is -1.48. The minimum absolute atomic E-state index is 0.878. The predicted octanol–water partition coefficient (Wildman–Crippen LogP) is 4.67. The fourth-order valence-electron chi connectivity index (χ4n) is 1.99. The van der Waals surface area contributed by atoms with E-state index in [1.54, 1.807) is 7.11 Å². The first kappa shape index (κ1) is 13.9. The lowest BCUT2D eigenvalue weighted by Crippen LogP contribution is -2.09. The van der Waals surface area contributed by atoms with E-state index in [2.05, 4.69) is 65.1 Å². The van der Waals surface area contributed by atoms with Gasteiger partial charge in [0.25, 0.3) is 0 Å². The van der Waals surface area contributed by atoms with E-state index in [1.807, 2.05) is 12.1 Å². The van der Waals surface area contributed by atoms with E-state index < -0.39 is 0 Å². The number of methoxy groups -OCH3 is 1. The normalized spacial score (nSPS) is 10.3. The fourth-order valence-corrected chi connectivity index (χ4v) is 2.62. The maximum atomic E-state index is 5.18. The van der Waals surface area contributed by atoms with Crippen molar-refractivity contribution in [3.05, 3.63) is 53.6 Å². The molecule has 0 amide bonds. The number of rotatable bonds is 4. The molecule has 0 saturated heterocycles. The zero-order valence-electron chi connectivity index (χ0n) is 11.5. The van der Waals surface area contributed by atoms with Gasteiger partial charge in [-0.2, -0.15) is 0 Å². The van der Waals surface area contributed by atoms with Crippen LogP contribution >= 0.6 is 15.9 Å². The zero-order valence-corrected chi connectivity index (χ0v) is 13.1. The monoisotopic (exact) mass is 319 g/mol. The summed E-state index contributed by atoms with van der Waals surface area (Å²) in [7, 11) is 3.76. The maximum absolute atomic E-state index is 5.18. The summed E-state index contributed by atoms with van der Waals surface area (Å²) in [6.45, 7) is 2.14. The third-order valence-corrected chi connectivity index (χ3v) is 3.92.